The predicted octanol–water partition coefficient (Wildman–Crippen LogP) is 1.24. The topological polar surface area (TPSA) is 86.9 Å². The van der Waals surface area contributed by atoms with E-state index in [0.29, 0.717) is 13.0 Å². The van der Waals surface area contributed by atoms with E-state index in [4.69, 9.17) is 5.53 Å². The number of hydrogen-bond donors (Lipinski definition) is 0. The fraction of sp³-hybridized carbons (Fsp3) is 0.556. The van der Waals surface area contributed by atoms with Crippen molar-refractivity contribution in [2.24, 2.45) is 5.11 Å². The Morgan fingerprint density at radius 1 is 1.69 bits per heavy atom. The van der Waals surface area contributed by atoms with Gasteiger partial charge < -0.3 is 0 Å². The molecule has 1 aliphatic rings. The van der Waals surface area contributed by atoms with Gasteiger partial charge in [0.05, 0.1) is 6.20 Å². The van der Waals surface area contributed by atoms with Gasteiger partial charge in [-0.3, -0.25) is 9.69 Å². The average Bonchev–Trinajstić information content (AvgIpc) is 2.58. The summed E-state index contributed by atoms with van der Waals surface area (Å²) in [6, 6.07) is -0.629. The van der Waals surface area contributed by atoms with Crippen LogP contribution < -0.4 is 4.90 Å². The zero-order chi connectivity index (χ0) is 11.7. The number of azide groups is 1. The highest BCUT2D eigenvalue weighted by atomic mass is 16.2. The molecule has 1 atom stereocenters. The second kappa shape index (κ2) is 3.86. The lowest BCUT2D eigenvalue weighted by Crippen LogP contribution is -2.34. The molecule has 0 fully saturated rings. The van der Waals surface area contributed by atoms with Crippen LogP contribution in [0.25, 0.3) is 10.4 Å². The summed E-state index contributed by atoms with van der Waals surface area (Å²) in [5.74, 6) is 0.598. The number of carbonyl (C=O) groups excluding carboxylic acids is 1. The third-order valence-corrected chi connectivity index (χ3v) is 2.73. The maximum Gasteiger partial charge on any atom is 0.236 e. The molecular formula is C9H12N6O. The lowest BCUT2D eigenvalue weighted by molar-refractivity contribution is -0.119. The molecule has 2 heterocycles. The standard InChI is InChI=1S/C9H12N6O/c1-6-5-11-15-4-3-7(12-13-10)9(16)14(2)8(6)15/h5,7H,3-4H2,1-2H3. The highest BCUT2D eigenvalue weighted by molar-refractivity contribution is 5.97. The number of amides is 1. The molecule has 0 aliphatic carbocycles. The van der Waals surface area contributed by atoms with E-state index in [9.17, 15) is 4.79 Å². The van der Waals surface area contributed by atoms with Gasteiger partial charge in [-0.2, -0.15) is 5.10 Å². The van der Waals surface area contributed by atoms with Crippen molar-refractivity contribution >= 4 is 11.7 Å². The molecule has 0 bridgehead atoms. The molecule has 7 nitrogen and oxygen atoms in total. The van der Waals surface area contributed by atoms with E-state index in [1.165, 1.54) is 4.90 Å². The fourth-order valence-electron chi connectivity index (χ4n) is 1.94. The van der Waals surface area contributed by atoms with E-state index in [-0.39, 0.29) is 5.91 Å². The van der Waals surface area contributed by atoms with Gasteiger partial charge in [0.1, 0.15) is 11.9 Å². The van der Waals surface area contributed by atoms with Crippen LogP contribution in [0.4, 0.5) is 5.82 Å². The minimum Gasteiger partial charge on any atom is -0.300 e. The molecule has 16 heavy (non-hydrogen) atoms. The van der Waals surface area contributed by atoms with Crippen molar-refractivity contribution in [3.8, 4) is 0 Å². The molecule has 0 saturated carbocycles. The first-order valence-electron chi connectivity index (χ1n) is 4.99. The van der Waals surface area contributed by atoms with Crippen LogP contribution in [-0.2, 0) is 11.3 Å². The van der Waals surface area contributed by atoms with Crippen LogP contribution in [0.1, 0.15) is 12.0 Å². The summed E-state index contributed by atoms with van der Waals surface area (Å²) in [4.78, 5) is 16.2. The number of likely N-dealkylation sites (N-methyl/N-ethyl adjacent to an activating group) is 1. The smallest absolute Gasteiger partial charge is 0.236 e. The second-order valence-electron chi connectivity index (χ2n) is 3.78. The number of hydrogen-bond acceptors (Lipinski definition) is 3. The first-order chi connectivity index (χ1) is 7.65. The van der Waals surface area contributed by atoms with Crippen LogP contribution in [0.3, 0.4) is 0 Å². The van der Waals surface area contributed by atoms with Crippen LogP contribution in [0.15, 0.2) is 11.3 Å². The van der Waals surface area contributed by atoms with Crippen molar-refractivity contribution in [1.29, 1.82) is 0 Å². The van der Waals surface area contributed by atoms with Crippen LogP contribution in [0, 0.1) is 6.92 Å². The molecule has 1 aliphatic heterocycles. The minimum absolute atomic E-state index is 0.180. The van der Waals surface area contributed by atoms with E-state index in [1.807, 2.05) is 6.92 Å². The summed E-state index contributed by atoms with van der Waals surface area (Å²) in [6.07, 6.45) is 2.22. The SMILES string of the molecule is Cc1cnn2c1N(C)C(=O)C(N=[N+]=[N-])CC2. The summed E-state index contributed by atoms with van der Waals surface area (Å²) >= 11 is 0. The maximum atomic E-state index is 12.0. The van der Waals surface area contributed by atoms with Gasteiger partial charge in [0.2, 0.25) is 5.91 Å². The Bertz CT molecular complexity index is 472. The monoisotopic (exact) mass is 220 g/mol. The average molecular weight is 220 g/mol. The predicted molar refractivity (Wildman–Crippen MR) is 57.9 cm³/mol. The van der Waals surface area contributed by atoms with Crippen molar-refractivity contribution in [2.45, 2.75) is 25.9 Å². The first kappa shape index (κ1) is 10.5. The van der Waals surface area contributed by atoms with Crippen LogP contribution in [0.2, 0.25) is 0 Å². The quantitative estimate of drug-likeness (QED) is 0.405. The number of aromatic nitrogens is 2. The molecule has 7 heteroatoms. The first-order valence-corrected chi connectivity index (χ1v) is 4.99. The zero-order valence-electron chi connectivity index (χ0n) is 9.16. The third-order valence-electron chi connectivity index (χ3n) is 2.73. The Labute approximate surface area is 92.3 Å². The van der Waals surface area contributed by atoms with Gasteiger partial charge in [-0.25, -0.2) is 4.68 Å². The summed E-state index contributed by atoms with van der Waals surface area (Å²) < 4.78 is 1.76. The minimum atomic E-state index is -0.629. The molecule has 1 amide bonds. The molecule has 1 aromatic rings. The summed E-state index contributed by atoms with van der Waals surface area (Å²) in [5, 5.41) is 7.70. The number of carbonyl (C=O) groups is 1. The molecule has 0 N–H and O–H groups in total. The number of anilines is 1. The molecule has 0 spiro atoms. The van der Waals surface area contributed by atoms with Crippen molar-refractivity contribution in [2.75, 3.05) is 11.9 Å². The van der Waals surface area contributed by atoms with E-state index >= 15 is 0 Å². The van der Waals surface area contributed by atoms with Crippen molar-refractivity contribution in [3.05, 3.63) is 22.2 Å². The number of fused-ring (bicyclic) bond motifs is 1. The zero-order valence-corrected chi connectivity index (χ0v) is 9.16. The Morgan fingerprint density at radius 3 is 3.12 bits per heavy atom. The van der Waals surface area contributed by atoms with Gasteiger partial charge in [-0.1, -0.05) is 5.11 Å². The van der Waals surface area contributed by atoms with Crippen LogP contribution in [-0.4, -0.2) is 28.8 Å². The lowest BCUT2D eigenvalue weighted by Gasteiger charge is -2.17. The Morgan fingerprint density at radius 2 is 2.44 bits per heavy atom. The number of rotatable bonds is 1. The lowest BCUT2D eigenvalue weighted by atomic mass is 10.2. The summed E-state index contributed by atoms with van der Waals surface area (Å²) in [5.41, 5.74) is 9.34. The second-order valence-corrected chi connectivity index (χ2v) is 3.78. The largest absolute Gasteiger partial charge is 0.300 e. The Hall–Kier alpha value is -2.01. The third kappa shape index (κ3) is 1.51. The van der Waals surface area contributed by atoms with Gasteiger partial charge in [0.15, 0.2) is 0 Å². The highest BCUT2D eigenvalue weighted by Crippen LogP contribution is 2.24. The number of nitrogens with zero attached hydrogens (tertiary/aromatic N) is 6. The van der Waals surface area contributed by atoms with Gasteiger partial charge in [-0.15, -0.1) is 0 Å². The molecule has 0 radical (unpaired) electrons. The Balaban J connectivity index is 2.42. The molecule has 0 saturated heterocycles. The molecule has 1 aromatic heterocycles. The van der Waals surface area contributed by atoms with Gasteiger partial charge in [0.25, 0.3) is 0 Å². The van der Waals surface area contributed by atoms with E-state index in [2.05, 4.69) is 15.1 Å². The molecular weight excluding hydrogens is 208 g/mol. The van der Waals surface area contributed by atoms with E-state index < -0.39 is 6.04 Å². The summed E-state index contributed by atoms with van der Waals surface area (Å²) in [6.45, 7) is 2.49. The van der Waals surface area contributed by atoms with Crippen molar-refractivity contribution in [3.63, 3.8) is 0 Å². The van der Waals surface area contributed by atoms with Crippen molar-refractivity contribution in [1.82, 2.24) is 9.78 Å². The molecule has 1 unspecified atom stereocenters. The molecule has 84 valence electrons. The van der Waals surface area contributed by atoms with Crippen LogP contribution in [0.5, 0.6) is 0 Å². The van der Waals surface area contributed by atoms with Gasteiger partial charge in [-0.05, 0) is 18.9 Å². The summed E-state index contributed by atoms with van der Waals surface area (Å²) in [7, 11) is 1.67. The van der Waals surface area contributed by atoms with E-state index in [1.54, 1.807) is 17.9 Å². The normalized spacial score (nSPS) is 20.0. The maximum absolute atomic E-state index is 12.0. The molecule has 2 rings (SSSR count). The number of aryl methyl sites for hydroxylation is 2. The Kier molecular flexibility index (Phi) is 2.54. The fourth-order valence-corrected chi connectivity index (χ4v) is 1.94. The van der Waals surface area contributed by atoms with Crippen LogP contribution >= 0.6 is 0 Å². The molecule has 0 aromatic carbocycles. The highest BCUT2D eigenvalue weighted by Gasteiger charge is 2.28. The van der Waals surface area contributed by atoms with Crippen molar-refractivity contribution < 1.29 is 4.79 Å². The van der Waals surface area contributed by atoms with Gasteiger partial charge in [0, 0.05) is 24.1 Å². The van der Waals surface area contributed by atoms with Gasteiger partial charge >= 0.3 is 0 Å². The van der Waals surface area contributed by atoms with E-state index in [0.717, 1.165) is 11.4 Å².